The minimum atomic E-state index is -1.70. The second-order valence-corrected chi connectivity index (χ2v) is 6.65. The highest BCUT2D eigenvalue weighted by Crippen LogP contribution is 2.41. The second kappa shape index (κ2) is 6.89. The molecule has 5 N–H and O–H groups in total. The van der Waals surface area contributed by atoms with Crippen LogP contribution in [0.2, 0.25) is 0 Å². The third-order valence-electron chi connectivity index (χ3n) is 4.73. The van der Waals surface area contributed by atoms with Gasteiger partial charge in [0.05, 0.1) is 19.1 Å². The van der Waals surface area contributed by atoms with Crippen molar-refractivity contribution in [2.75, 3.05) is 19.5 Å². The van der Waals surface area contributed by atoms with Gasteiger partial charge in [-0.25, -0.2) is 14.8 Å². The van der Waals surface area contributed by atoms with Crippen LogP contribution in [0.4, 0.5) is 5.82 Å². The molecule has 1 saturated heterocycles. The van der Waals surface area contributed by atoms with E-state index in [4.69, 9.17) is 15.2 Å². The SMILES string of the molecule is COC(=O)/C(C)=C/c1cn(C2O[C@H](CO)[C@@H](O)[C@@]2(C)O)c2ncnc(N)c12. The zero-order chi connectivity index (χ0) is 19.9. The van der Waals surface area contributed by atoms with Crippen molar-refractivity contribution in [2.24, 2.45) is 0 Å². The summed E-state index contributed by atoms with van der Waals surface area (Å²) < 4.78 is 11.9. The predicted molar refractivity (Wildman–Crippen MR) is 95.2 cm³/mol. The van der Waals surface area contributed by atoms with Crippen LogP contribution in [0.5, 0.6) is 0 Å². The number of methoxy groups -OCH3 is 1. The number of anilines is 1. The Balaban J connectivity index is 2.19. The number of aliphatic hydroxyl groups excluding tert-OH is 2. The van der Waals surface area contributed by atoms with Crippen LogP contribution >= 0.6 is 0 Å². The summed E-state index contributed by atoms with van der Waals surface area (Å²) in [5, 5.41) is 30.9. The van der Waals surface area contributed by atoms with E-state index in [9.17, 15) is 20.1 Å². The predicted octanol–water partition coefficient (Wildman–Crippen LogP) is -0.409. The molecule has 1 aliphatic rings. The normalized spacial score (nSPS) is 28.7. The summed E-state index contributed by atoms with van der Waals surface area (Å²) in [6, 6.07) is 0. The van der Waals surface area contributed by atoms with Gasteiger partial charge in [-0.2, -0.15) is 0 Å². The minimum Gasteiger partial charge on any atom is -0.466 e. The molecule has 0 saturated carbocycles. The molecule has 0 spiro atoms. The van der Waals surface area contributed by atoms with Gasteiger partial charge in [0, 0.05) is 17.3 Å². The number of hydrogen-bond donors (Lipinski definition) is 4. The highest BCUT2D eigenvalue weighted by atomic mass is 16.6. The Morgan fingerprint density at radius 1 is 1.52 bits per heavy atom. The van der Waals surface area contributed by atoms with Gasteiger partial charge in [0.1, 0.15) is 35.6 Å². The van der Waals surface area contributed by atoms with Crippen molar-refractivity contribution in [1.82, 2.24) is 14.5 Å². The van der Waals surface area contributed by atoms with E-state index < -0.39 is 36.6 Å². The Morgan fingerprint density at radius 3 is 2.81 bits per heavy atom. The molecule has 4 atom stereocenters. The number of ether oxygens (including phenoxy) is 2. The van der Waals surface area contributed by atoms with Crippen molar-refractivity contribution in [3.8, 4) is 0 Å². The van der Waals surface area contributed by atoms with E-state index in [0.717, 1.165) is 0 Å². The molecular weight excluding hydrogens is 356 g/mol. The Labute approximate surface area is 154 Å². The van der Waals surface area contributed by atoms with Crippen molar-refractivity contribution >= 4 is 28.9 Å². The number of carbonyl (C=O) groups excluding carboxylic acids is 1. The maximum atomic E-state index is 11.7. The smallest absolute Gasteiger partial charge is 0.333 e. The third-order valence-corrected chi connectivity index (χ3v) is 4.73. The number of rotatable bonds is 4. The molecule has 0 bridgehead atoms. The summed E-state index contributed by atoms with van der Waals surface area (Å²) in [4.78, 5) is 19.9. The van der Waals surface area contributed by atoms with Gasteiger partial charge in [-0.15, -0.1) is 0 Å². The van der Waals surface area contributed by atoms with Gasteiger partial charge in [0.15, 0.2) is 6.23 Å². The summed E-state index contributed by atoms with van der Waals surface area (Å²) in [5.74, 6) is -0.328. The Bertz CT molecular complexity index is 906. The van der Waals surface area contributed by atoms with Crippen LogP contribution in [0.25, 0.3) is 17.1 Å². The summed E-state index contributed by atoms with van der Waals surface area (Å²) in [5.41, 5.74) is 5.50. The molecule has 0 radical (unpaired) electrons. The molecule has 3 rings (SSSR count). The van der Waals surface area contributed by atoms with E-state index in [0.29, 0.717) is 22.2 Å². The fourth-order valence-corrected chi connectivity index (χ4v) is 3.27. The first-order valence-electron chi connectivity index (χ1n) is 8.26. The van der Waals surface area contributed by atoms with Crippen molar-refractivity contribution < 1.29 is 29.6 Å². The van der Waals surface area contributed by atoms with Crippen LogP contribution in [0.15, 0.2) is 18.1 Å². The zero-order valence-electron chi connectivity index (χ0n) is 15.2. The molecule has 2 aromatic heterocycles. The van der Waals surface area contributed by atoms with Gasteiger partial charge >= 0.3 is 5.97 Å². The molecular formula is C17H22N4O6. The summed E-state index contributed by atoms with van der Waals surface area (Å²) in [6.07, 6.45) is 1.11. The lowest BCUT2D eigenvalue weighted by molar-refractivity contribution is -0.135. The summed E-state index contributed by atoms with van der Waals surface area (Å²) in [7, 11) is 1.28. The van der Waals surface area contributed by atoms with Crippen molar-refractivity contribution in [3.63, 3.8) is 0 Å². The Morgan fingerprint density at radius 2 is 2.22 bits per heavy atom. The molecule has 27 heavy (non-hydrogen) atoms. The maximum Gasteiger partial charge on any atom is 0.333 e. The number of nitrogen functional groups attached to an aromatic ring is 1. The standard InChI is InChI=1S/C17H22N4O6/c1-8(15(24)26-3)4-9-5-21(14-11(9)13(18)19-7-20-14)16-17(2,25)12(23)10(6-22)27-16/h4-5,7,10,12,16,22-23,25H,6H2,1-3H3,(H2,18,19,20)/b8-4+/t10-,12-,16?,17-/m1/s1. The van der Waals surface area contributed by atoms with E-state index >= 15 is 0 Å². The average molecular weight is 378 g/mol. The van der Waals surface area contributed by atoms with Crippen LogP contribution in [0.3, 0.4) is 0 Å². The fourth-order valence-electron chi connectivity index (χ4n) is 3.27. The molecule has 3 heterocycles. The van der Waals surface area contributed by atoms with Gasteiger partial charge in [0.25, 0.3) is 0 Å². The Kier molecular flexibility index (Phi) is 4.91. The summed E-state index contributed by atoms with van der Waals surface area (Å²) >= 11 is 0. The average Bonchev–Trinajstić information content (AvgIpc) is 3.10. The molecule has 0 aliphatic carbocycles. The molecule has 2 aromatic rings. The number of fused-ring (bicyclic) bond motifs is 1. The van der Waals surface area contributed by atoms with Gasteiger partial charge < -0.3 is 35.1 Å². The molecule has 10 heteroatoms. The number of esters is 1. The van der Waals surface area contributed by atoms with Crippen LogP contribution in [0.1, 0.15) is 25.6 Å². The largest absolute Gasteiger partial charge is 0.466 e. The monoisotopic (exact) mass is 378 g/mol. The molecule has 1 aliphatic heterocycles. The molecule has 0 aromatic carbocycles. The topological polar surface area (TPSA) is 153 Å². The third kappa shape index (κ3) is 3.06. The minimum absolute atomic E-state index is 0.180. The van der Waals surface area contributed by atoms with Gasteiger partial charge in [-0.3, -0.25) is 0 Å². The van der Waals surface area contributed by atoms with E-state index in [1.54, 1.807) is 19.2 Å². The molecule has 10 nitrogen and oxygen atoms in total. The second-order valence-electron chi connectivity index (χ2n) is 6.65. The Hall–Kier alpha value is -2.53. The van der Waals surface area contributed by atoms with Crippen molar-refractivity contribution in [1.29, 1.82) is 0 Å². The molecule has 146 valence electrons. The summed E-state index contributed by atoms with van der Waals surface area (Å²) in [6.45, 7) is 2.53. The highest BCUT2D eigenvalue weighted by molar-refractivity contribution is 6.00. The van der Waals surface area contributed by atoms with Crippen LogP contribution < -0.4 is 5.73 Å². The van der Waals surface area contributed by atoms with Crippen molar-refractivity contribution in [3.05, 3.63) is 23.7 Å². The lowest BCUT2D eigenvalue weighted by Crippen LogP contribution is -2.44. The number of nitrogens with two attached hydrogens (primary N) is 1. The van der Waals surface area contributed by atoms with Crippen LogP contribution in [-0.4, -0.2) is 67.3 Å². The van der Waals surface area contributed by atoms with Gasteiger partial charge in [0.2, 0.25) is 0 Å². The number of nitrogens with zero attached hydrogens (tertiary/aromatic N) is 3. The lowest BCUT2D eigenvalue weighted by Gasteiger charge is -2.27. The number of aliphatic hydroxyl groups is 3. The molecule has 1 unspecified atom stereocenters. The quantitative estimate of drug-likeness (QED) is 0.411. The zero-order valence-corrected chi connectivity index (χ0v) is 15.2. The first kappa shape index (κ1) is 19.2. The van der Waals surface area contributed by atoms with E-state index in [1.807, 2.05) is 0 Å². The van der Waals surface area contributed by atoms with Crippen molar-refractivity contribution in [2.45, 2.75) is 37.9 Å². The first-order valence-corrected chi connectivity index (χ1v) is 8.26. The van der Waals surface area contributed by atoms with Crippen LogP contribution in [0, 0.1) is 0 Å². The molecule has 0 amide bonds. The number of hydrogen-bond acceptors (Lipinski definition) is 9. The number of carbonyl (C=O) groups is 1. The van der Waals surface area contributed by atoms with Gasteiger partial charge in [-0.1, -0.05) is 0 Å². The fraction of sp³-hybridized carbons (Fsp3) is 0.471. The van der Waals surface area contributed by atoms with E-state index in [2.05, 4.69) is 9.97 Å². The van der Waals surface area contributed by atoms with E-state index in [-0.39, 0.29) is 5.82 Å². The first-order chi connectivity index (χ1) is 12.7. The van der Waals surface area contributed by atoms with E-state index in [1.165, 1.54) is 24.9 Å². The lowest BCUT2D eigenvalue weighted by atomic mass is 9.96. The van der Waals surface area contributed by atoms with Crippen LogP contribution in [-0.2, 0) is 14.3 Å². The van der Waals surface area contributed by atoms with Gasteiger partial charge in [-0.05, 0) is 19.9 Å². The highest BCUT2D eigenvalue weighted by Gasteiger charge is 2.53. The molecule has 1 fully saturated rings. The number of aromatic nitrogens is 3. The maximum absolute atomic E-state index is 11.7.